The van der Waals surface area contributed by atoms with Crippen LogP contribution in [0.4, 0.5) is 4.39 Å². The van der Waals surface area contributed by atoms with Gasteiger partial charge in [0.25, 0.3) is 10.0 Å². The van der Waals surface area contributed by atoms with E-state index in [9.17, 15) is 12.8 Å². The van der Waals surface area contributed by atoms with Crippen LogP contribution in [-0.4, -0.2) is 24.8 Å². The lowest BCUT2D eigenvalue weighted by Crippen LogP contribution is -2.17. The monoisotopic (exact) mass is 396 g/mol. The molecule has 1 aromatic carbocycles. The quantitative estimate of drug-likeness (QED) is 0.678. The van der Waals surface area contributed by atoms with E-state index in [1.165, 1.54) is 6.20 Å². The summed E-state index contributed by atoms with van der Waals surface area (Å²) in [7, 11) is -4.14. The first-order chi connectivity index (χ1) is 10.8. The highest BCUT2D eigenvalue weighted by molar-refractivity contribution is 9.10. The number of nitrogens with one attached hydrogen (secondary N) is 2. The van der Waals surface area contributed by atoms with Crippen molar-refractivity contribution in [2.45, 2.75) is 4.90 Å². The number of aromatic nitrogens is 1. The fourth-order valence-corrected chi connectivity index (χ4v) is 3.63. The Kier molecular flexibility index (Phi) is 3.69. The largest absolute Gasteiger partial charge is 0.397 e. The molecule has 1 heterocycles. The van der Waals surface area contributed by atoms with Gasteiger partial charge in [0, 0.05) is 27.6 Å². The molecule has 0 atom stereocenters. The van der Waals surface area contributed by atoms with Gasteiger partial charge in [-0.1, -0.05) is 22.0 Å². The van der Waals surface area contributed by atoms with Crippen molar-refractivity contribution in [3.8, 4) is 0 Å². The van der Waals surface area contributed by atoms with Crippen LogP contribution in [0, 0.1) is 5.41 Å². The number of fused-ring (bicyclic) bond motifs is 1. The van der Waals surface area contributed by atoms with Crippen LogP contribution in [0.1, 0.15) is 0 Å². The Balaban J connectivity index is 2.13. The predicted molar refractivity (Wildman–Crippen MR) is 89.8 cm³/mol. The van der Waals surface area contributed by atoms with E-state index in [2.05, 4.69) is 25.3 Å². The molecule has 0 radical (unpaired) electrons. The molecule has 0 amide bonds. The molecule has 3 rings (SSSR count). The molecule has 0 fully saturated rings. The maximum Gasteiger partial charge on any atom is 0.285 e. The van der Waals surface area contributed by atoms with E-state index in [1.54, 1.807) is 18.2 Å². The van der Waals surface area contributed by atoms with Gasteiger partial charge in [-0.05, 0) is 18.2 Å². The summed E-state index contributed by atoms with van der Waals surface area (Å²) in [5.74, 6) is -0.921. The third kappa shape index (κ3) is 2.84. The Bertz CT molecular complexity index is 1030. The number of nitrogens with zero attached hydrogens (tertiary/aromatic N) is 1. The SMILES string of the molecule is N=C1C=C(F)C(=NS(=O)(=O)c2c[nH]c3cc(Br)ccc23)C=C1N. The molecule has 4 N–H and O–H groups in total. The second kappa shape index (κ2) is 5.43. The molecule has 23 heavy (non-hydrogen) atoms. The highest BCUT2D eigenvalue weighted by Crippen LogP contribution is 2.27. The lowest BCUT2D eigenvalue weighted by atomic mass is 10.1. The Labute approximate surface area is 139 Å². The summed E-state index contributed by atoms with van der Waals surface area (Å²) in [5, 5.41) is 7.84. The van der Waals surface area contributed by atoms with Crippen LogP contribution in [0.2, 0.25) is 0 Å². The number of H-pyrrole nitrogens is 1. The molecule has 1 aliphatic rings. The van der Waals surface area contributed by atoms with E-state index in [0.29, 0.717) is 10.9 Å². The maximum atomic E-state index is 13.8. The molecule has 1 aromatic heterocycles. The van der Waals surface area contributed by atoms with Crippen LogP contribution in [0.25, 0.3) is 10.9 Å². The third-order valence-corrected chi connectivity index (χ3v) is 5.05. The number of halogens is 2. The van der Waals surface area contributed by atoms with Gasteiger partial charge in [0.05, 0.1) is 11.4 Å². The summed E-state index contributed by atoms with van der Waals surface area (Å²) in [6.07, 6.45) is 3.16. The summed E-state index contributed by atoms with van der Waals surface area (Å²) < 4.78 is 43.0. The van der Waals surface area contributed by atoms with Crippen LogP contribution in [-0.2, 0) is 10.0 Å². The van der Waals surface area contributed by atoms with Gasteiger partial charge in [0.1, 0.15) is 10.6 Å². The number of sulfonamides is 1. The molecule has 0 bridgehead atoms. The number of allylic oxidation sites excluding steroid dienone is 3. The molecule has 9 heteroatoms. The van der Waals surface area contributed by atoms with Crippen LogP contribution in [0.3, 0.4) is 0 Å². The van der Waals surface area contributed by atoms with Crippen molar-refractivity contribution in [3.05, 3.63) is 52.5 Å². The highest BCUT2D eigenvalue weighted by atomic mass is 79.9. The zero-order valence-corrected chi connectivity index (χ0v) is 13.9. The van der Waals surface area contributed by atoms with E-state index in [0.717, 1.165) is 16.6 Å². The normalized spacial score (nSPS) is 17.5. The molecule has 0 unspecified atom stereocenters. The van der Waals surface area contributed by atoms with E-state index in [4.69, 9.17) is 11.1 Å². The van der Waals surface area contributed by atoms with Crippen LogP contribution < -0.4 is 5.73 Å². The summed E-state index contributed by atoms with van der Waals surface area (Å²) in [6, 6.07) is 5.04. The molecule has 0 saturated carbocycles. The predicted octanol–water partition coefficient (Wildman–Crippen LogP) is 2.79. The lowest BCUT2D eigenvalue weighted by molar-refractivity contribution is 0.598. The van der Waals surface area contributed by atoms with Crippen molar-refractivity contribution in [1.29, 1.82) is 5.41 Å². The van der Waals surface area contributed by atoms with Crippen molar-refractivity contribution < 1.29 is 12.8 Å². The Morgan fingerprint density at radius 3 is 2.78 bits per heavy atom. The molecule has 6 nitrogen and oxygen atoms in total. The maximum absolute atomic E-state index is 13.8. The van der Waals surface area contributed by atoms with Crippen molar-refractivity contribution >= 4 is 48.3 Å². The summed E-state index contributed by atoms with van der Waals surface area (Å²) in [5.41, 5.74) is 5.42. The molecule has 118 valence electrons. The van der Waals surface area contributed by atoms with Crippen molar-refractivity contribution in [1.82, 2.24) is 4.98 Å². The minimum Gasteiger partial charge on any atom is -0.397 e. The number of aromatic amines is 1. The van der Waals surface area contributed by atoms with Gasteiger partial charge in [-0.3, -0.25) is 5.41 Å². The average Bonchev–Trinajstić information content (AvgIpc) is 2.88. The van der Waals surface area contributed by atoms with Gasteiger partial charge in [0.2, 0.25) is 0 Å². The fraction of sp³-hybridized carbons (Fsp3) is 0. The number of rotatable bonds is 2. The minimum atomic E-state index is -4.14. The van der Waals surface area contributed by atoms with Crippen LogP contribution in [0.15, 0.2) is 61.8 Å². The standard InChI is InChI=1S/C14H10BrFN4O2S/c15-7-1-2-8-12(3-7)19-6-14(8)23(21,22)20-13-5-11(18)10(17)4-9(13)16/h1-6,17,19H,18H2. The Morgan fingerprint density at radius 2 is 2.04 bits per heavy atom. The van der Waals surface area contributed by atoms with Gasteiger partial charge in [-0.2, -0.15) is 12.8 Å². The molecular weight excluding hydrogens is 387 g/mol. The third-order valence-electron chi connectivity index (χ3n) is 3.22. The van der Waals surface area contributed by atoms with E-state index in [1.807, 2.05) is 0 Å². The number of hydrogen-bond acceptors (Lipinski definition) is 4. The lowest BCUT2D eigenvalue weighted by Gasteiger charge is -2.08. The van der Waals surface area contributed by atoms with Crippen molar-refractivity contribution in [3.63, 3.8) is 0 Å². The van der Waals surface area contributed by atoms with E-state index in [-0.39, 0.29) is 16.3 Å². The van der Waals surface area contributed by atoms with Gasteiger partial charge in [-0.15, -0.1) is 0 Å². The smallest absolute Gasteiger partial charge is 0.285 e. The van der Waals surface area contributed by atoms with E-state index < -0.39 is 21.6 Å². The second-order valence-electron chi connectivity index (χ2n) is 4.80. The number of benzene rings is 1. The Morgan fingerprint density at radius 1 is 1.30 bits per heavy atom. The molecule has 0 spiro atoms. The van der Waals surface area contributed by atoms with Crippen molar-refractivity contribution in [2.75, 3.05) is 0 Å². The molecule has 0 aliphatic heterocycles. The van der Waals surface area contributed by atoms with E-state index >= 15 is 0 Å². The van der Waals surface area contributed by atoms with Gasteiger partial charge < -0.3 is 10.7 Å². The second-order valence-corrected chi connectivity index (χ2v) is 7.29. The van der Waals surface area contributed by atoms with Crippen LogP contribution in [0.5, 0.6) is 0 Å². The fourth-order valence-electron chi connectivity index (χ4n) is 2.11. The van der Waals surface area contributed by atoms with Gasteiger partial charge in [0.15, 0.2) is 5.83 Å². The minimum absolute atomic E-state index is 0.0526. The van der Waals surface area contributed by atoms with Gasteiger partial charge >= 0.3 is 0 Å². The first-order valence-electron chi connectivity index (χ1n) is 6.33. The zero-order valence-electron chi connectivity index (χ0n) is 11.5. The molecular formula is C14H10BrFN4O2S. The number of nitrogens with two attached hydrogens (primary N) is 1. The zero-order chi connectivity index (χ0) is 16.8. The summed E-state index contributed by atoms with van der Waals surface area (Å²) >= 11 is 3.30. The molecule has 0 saturated heterocycles. The van der Waals surface area contributed by atoms with Crippen molar-refractivity contribution in [2.24, 2.45) is 10.1 Å². The van der Waals surface area contributed by atoms with Gasteiger partial charge in [-0.25, -0.2) is 4.39 Å². The van der Waals surface area contributed by atoms with Crippen LogP contribution >= 0.6 is 15.9 Å². The first kappa shape index (κ1) is 15.6. The average molecular weight is 397 g/mol. The Hall–Kier alpha value is -2.26. The number of hydrogen-bond donors (Lipinski definition) is 3. The molecule has 2 aromatic rings. The topological polar surface area (TPSA) is 112 Å². The summed E-state index contributed by atoms with van der Waals surface area (Å²) in [4.78, 5) is 2.78. The summed E-state index contributed by atoms with van der Waals surface area (Å²) in [6.45, 7) is 0. The first-order valence-corrected chi connectivity index (χ1v) is 8.56. The molecule has 1 aliphatic carbocycles. The highest BCUT2D eigenvalue weighted by Gasteiger charge is 2.22.